The number of esters is 1. The second kappa shape index (κ2) is 7.01. The number of hydrogen-bond donors (Lipinski definition) is 3. The van der Waals surface area contributed by atoms with E-state index in [2.05, 4.69) is 0 Å². The molecule has 9 heteroatoms. The third-order valence-electron chi connectivity index (χ3n) is 3.85. The number of nitrogens with zero attached hydrogens (tertiary/aromatic N) is 1. The lowest BCUT2D eigenvalue weighted by Crippen LogP contribution is -2.37. The lowest BCUT2D eigenvalue weighted by atomic mass is 10.1. The van der Waals surface area contributed by atoms with Gasteiger partial charge in [0.1, 0.15) is 24.9 Å². The van der Waals surface area contributed by atoms with E-state index in [1.54, 1.807) is 30.3 Å². The number of aliphatic hydroxyl groups excluding tert-OH is 2. The summed E-state index contributed by atoms with van der Waals surface area (Å²) < 4.78 is 11.5. The first-order valence-corrected chi connectivity index (χ1v) is 7.52. The van der Waals surface area contributed by atoms with E-state index >= 15 is 0 Å². The molecule has 1 saturated heterocycles. The molecular weight excluding hydrogens is 332 g/mol. The maximum Gasteiger partial charge on any atom is 0.338 e. The minimum absolute atomic E-state index is 0.305. The molecule has 0 amide bonds. The van der Waals surface area contributed by atoms with Crippen molar-refractivity contribution in [1.82, 2.24) is 9.55 Å². The van der Waals surface area contributed by atoms with Gasteiger partial charge >= 0.3 is 11.7 Å². The summed E-state index contributed by atoms with van der Waals surface area (Å²) in [6.45, 7) is -0.305. The van der Waals surface area contributed by atoms with Crippen LogP contribution in [0.15, 0.2) is 52.2 Å². The Morgan fingerprint density at radius 1 is 1.16 bits per heavy atom. The molecule has 3 rings (SSSR count). The van der Waals surface area contributed by atoms with Gasteiger partial charge in [0.25, 0.3) is 5.56 Å². The van der Waals surface area contributed by atoms with Crippen molar-refractivity contribution in [2.45, 2.75) is 24.5 Å². The molecule has 0 bridgehead atoms. The number of aliphatic hydroxyl groups is 2. The molecule has 1 aliphatic heterocycles. The number of ether oxygens (including phenoxy) is 2. The van der Waals surface area contributed by atoms with Crippen molar-refractivity contribution in [3.05, 3.63) is 69.0 Å². The standard InChI is InChI=1S/C16H16N2O7/c19-11-6-7-18(16(23)17-11)14-13(21)12(20)10(25-14)8-24-15(22)9-4-2-1-3-5-9/h1-7,10,12-14,20-21H,8H2,(H,17,19,23)/t10-,12+,13-,14+/m0/s1. The summed E-state index contributed by atoms with van der Waals surface area (Å²) in [5.41, 5.74) is -1.04. The topological polar surface area (TPSA) is 131 Å². The molecule has 2 heterocycles. The van der Waals surface area contributed by atoms with E-state index in [0.29, 0.717) is 5.56 Å². The van der Waals surface area contributed by atoms with Crippen molar-refractivity contribution < 1.29 is 24.5 Å². The van der Waals surface area contributed by atoms with E-state index in [0.717, 1.165) is 16.8 Å². The fraction of sp³-hybridized carbons (Fsp3) is 0.312. The summed E-state index contributed by atoms with van der Waals surface area (Å²) in [6.07, 6.45) is -3.87. The number of benzene rings is 1. The van der Waals surface area contributed by atoms with Gasteiger partial charge in [-0.3, -0.25) is 14.3 Å². The highest BCUT2D eigenvalue weighted by atomic mass is 16.6. The Hall–Kier alpha value is -2.75. The van der Waals surface area contributed by atoms with E-state index < -0.39 is 41.8 Å². The largest absolute Gasteiger partial charge is 0.459 e. The normalized spacial score (nSPS) is 25.7. The van der Waals surface area contributed by atoms with Crippen LogP contribution in [0.25, 0.3) is 0 Å². The first-order valence-electron chi connectivity index (χ1n) is 7.52. The quantitative estimate of drug-likeness (QED) is 0.605. The summed E-state index contributed by atoms with van der Waals surface area (Å²) in [4.78, 5) is 36.8. The lowest BCUT2D eigenvalue weighted by Gasteiger charge is -2.16. The smallest absolute Gasteiger partial charge is 0.338 e. The third kappa shape index (κ3) is 3.53. The average Bonchev–Trinajstić information content (AvgIpc) is 2.89. The molecule has 2 aromatic rings. The molecule has 4 atom stereocenters. The Labute approximate surface area is 141 Å². The Bertz CT molecular complexity index is 861. The van der Waals surface area contributed by atoms with E-state index in [4.69, 9.17) is 9.47 Å². The summed E-state index contributed by atoms with van der Waals surface area (Å²) in [7, 11) is 0. The van der Waals surface area contributed by atoms with Gasteiger partial charge in [0, 0.05) is 12.3 Å². The molecule has 1 aliphatic rings. The Morgan fingerprint density at radius 2 is 1.88 bits per heavy atom. The van der Waals surface area contributed by atoms with Crippen LogP contribution >= 0.6 is 0 Å². The van der Waals surface area contributed by atoms with Gasteiger partial charge in [0.05, 0.1) is 5.56 Å². The highest BCUT2D eigenvalue weighted by molar-refractivity contribution is 5.89. The highest BCUT2D eigenvalue weighted by Crippen LogP contribution is 2.28. The maximum absolute atomic E-state index is 11.9. The molecule has 0 unspecified atom stereocenters. The van der Waals surface area contributed by atoms with Crippen LogP contribution < -0.4 is 11.2 Å². The monoisotopic (exact) mass is 348 g/mol. The van der Waals surface area contributed by atoms with Gasteiger partial charge in [-0.2, -0.15) is 0 Å². The SMILES string of the molecule is O=C(OC[C@@H]1O[C@@H](n2ccc(=O)[nH]c2=O)[C@@H](O)[C@@H]1O)c1ccccc1. The Balaban J connectivity index is 1.69. The van der Waals surface area contributed by atoms with Crippen LogP contribution in [-0.4, -0.2) is 50.7 Å². The number of nitrogens with one attached hydrogen (secondary N) is 1. The van der Waals surface area contributed by atoms with Gasteiger partial charge in [0.2, 0.25) is 0 Å². The molecule has 0 aliphatic carbocycles. The van der Waals surface area contributed by atoms with E-state index in [1.165, 1.54) is 0 Å². The summed E-state index contributed by atoms with van der Waals surface area (Å²) in [6, 6.07) is 9.35. The van der Waals surface area contributed by atoms with Crippen LogP contribution in [0.1, 0.15) is 16.6 Å². The zero-order chi connectivity index (χ0) is 18.0. The van der Waals surface area contributed by atoms with Crippen LogP contribution in [0.4, 0.5) is 0 Å². The van der Waals surface area contributed by atoms with Crippen molar-refractivity contribution in [2.75, 3.05) is 6.61 Å². The highest BCUT2D eigenvalue weighted by Gasteiger charge is 2.44. The number of aromatic nitrogens is 2. The van der Waals surface area contributed by atoms with Crippen LogP contribution in [0, 0.1) is 0 Å². The average molecular weight is 348 g/mol. The summed E-state index contributed by atoms with van der Waals surface area (Å²) in [5, 5.41) is 20.2. The van der Waals surface area contributed by atoms with Crippen LogP contribution in [-0.2, 0) is 9.47 Å². The lowest BCUT2D eigenvalue weighted by molar-refractivity contribution is -0.0599. The van der Waals surface area contributed by atoms with Gasteiger partial charge in [-0.1, -0.05) is 18.2 Å². The number of rotatable bonds is 4. The van der Waals surface area contributed by atoms with Crippen molar-refractivity contribution in [1.29, 1.82) is 0 Å². The molecule has 0 saturated carbocycles. The van der Waals surface area contributed by atoms with E-state index in [9.17, 15) is 24.6 Å². The van der Waals surface area contributed by atoms with Gasteiger partial charge in [-0.15, -0.1) is 0 Å². The molecule has 0 spiro atoms. The van der Waals surface area contributed by atoms with E-state index in [1.807, 2.05) is 4.98 Å². The Kier molecular flexibility index (Phi) is 4.79. The molecule has 3 N–H and O–H groups in total. The summed E-state index contributed by atoms with van der Waals surface area (Å²) in [5.74, 6) is -0.601. The molecule has 1 fully saturated rings. The molecule has 0 radical (unpaired) electrons. The van der Waals surface area contributed by atoms with Crippen molar-refractivity contribution in [2.24, 2.45) is 0 Å². The number of carbonyl (C=O) groups excluding carboxylic acids is 1. The zero-order valence-corrected chi connectivity index (χ0v) is 12.9. The first kappa shape index (κ1) is 17.1. The first-order chi connectivity index (χ1) is 12.0. The summed E-state index contributed by atoms with van der Waals surface area (Å²) >= 11 is 0. The van der Waals surface area contributed by atoms with Crippen molar-refractivity contribution in [3.63, 3.8) is 0 Å². The molecule has 25 heavy (non-hydrogen) atoms. The Morgan fingerprint density at radius 3 is 2.56 bits per heavy atom. The van der Waals surface area contributed by atoms with Crippen molar-refractivity contribution in [3.8, 4) is 0 Å². The van der Waals surface area contributed by atoms with Crippen LogP contribution in [0.3, 0.4) is 0 Å². The predicted molar refractivity (Wildman–Crippen MR) is 84.0 cm³/mol. The number of carbonyl (C=O) groups is 1. The number of aromatic amines is 1. The third-order valence-corrected chi connectivity index (χ3v) is 3.85. The van der Waals surface area contributed by atoms with E-state index in [-0.39, 0.29) is 6.61 Å². The second-order valence-electron chi connectivity index (χ2n) is 5.53. The predicted octanol–water partition coefficient (Wildman–Crippen LogP) is -0.987. The molecule has 132 valence electrons. The van der Waals surface area contributed by atoms with Gasteiger partial charge in [0.15, 0.2) is 6.23 Å². The molecular formula is C16H16N2O7. The fourth-order valence-electron chi connectivity index (χ4n) is 2.54. The fourth-order valence-corrected chi connectivity index (χ4v) is 2.54. The van der Waals surface area contributed by atoms with Crippen LogP contribution in [0.5, 0.6) is 0 Å². The van der Waals surface area contributed by atoms with Gasteiger partial charge < -0.3 is 19.7 Å². The molecule has 1 aromatic heterocycles. The van der Waals surface area contributed by atoms with Crippen molar-refractivity contribution >= 4 is 5.97 Å². The van der Waals surface area contributed by atoms with Gasteiger partial charge in [-0.05, 0) is 12.1 Å². The number of hydrogen-bond acceptors (Lipinski definition) is 7. The zero-order valence-electron chi connectivity index (χ0n) is 12.9. The van der Waals surface area contributed by atoms with Gasteiger partial charge in [-0.25, -0.2) is 9.59 Å². The number of H-pyrrole nitrogens is 1. The molecule has 1 aromatic carbocycles. The minimum Gasteiger partial charge on any atom is -0.459 e. The van der Waals surface area contributed by atoms with Crippen LogP contribution in [0.2, 0.25) is 0 Å². The molecule has 9 nitrogen and oxygen atoms in total. The maximum atomic E-state index is 11.9. The second-order valence-corrected chi connectivity index (χ2v) is 5.53. The minimum atomic E-state index is -1.43.